The number of nitrogens with zero attached hydrogens (tertiary/aromatic N) is 5. The lowest BCUT2D eigenvalue weighted by Crippen LogP contribution is -2.82. The molecule has 0 unspecified atom stereocenters. The van der Waals surface area contributed by atoms with Gasteiger partial charge in [-0.1, -0.05) is 92.7 Å². The Morgan fingerprint density at radius 3 is 2.07 bits per heavy atom. The molecule has 2 saturated heterocycles. The number of carbonyl (C=O) groups is 6. The van der Waals surface area contributed by atoms with Crippen LogP contribution in [-0.4, -0.2) is 157 Å². The number of ether oxygens (including phenoxy) is 5. The van der Waals surface area contributed by atoms with E-state index in [1.54, 1.807) is 92.7 Å². The number of ketones is 1. The van der Waals surface area contributed by atoms with Gasteiger partial charge in [0, 0.05) is 76.2 Å². The van der Waals surface area contributed by atoms with Crippen LogP contribution < -0.4 is 15.6 Å². The largest absolute Gasteiger partial charge is 0.456 e. The number of hydrogen-bond acceptors (Lipinski definition) is 19. The first-order valence-electron chi connectivity index (χ1n) is 29.5. The summed E-state index contributed by atoms with van der Waals surface area (Å²) >= 11 is 5.55. The molecule has 0 radical (unpaired) electrons. The Bertz CT molecular complexity index is 3500. The van der Waals surface area contributed by atoms with E-state index in [0.29, 0.717) is 10.7 Å². The number of aliphatic hydroxyl groups is 3. The minimum Gasteiger partial charge on any atom is -0.456 e. The molecule has 1 amide bonds. The number of pyridine rings is 2. The zero-order chi connectivity index (χ0) is 62.7. The third kappa shape index (κ3) is 12.1. The van der Waals surface area contributed by atoms with Crippen molar-refractivity contribution >= 4 is 64.4 Å². The van der Waals surface area contributed by atoms with Gasteiger partial charge >= 0.3 is 23.9 Å². The number of fused-ring (bicyclic) bond motifs is 6. The highest BCUT2D eigenvalue weighted by molar-refractivity contribution is 7.80. The monoisotopic (exact) mass is 1220 g/mol. The van der Waals surface area contributed by atoms with E-state index < -0.39 is 113 Å². The third-order valence-corrected chi connectivity index (χ3v) is 18.7. The number of piperazine rings is 1. The van der Waals surface area contributed by atoms with Crippen molar-refractivity contribution in [3.63, 3.8) is 0 Å². The number of esters is 4. The van der Waals surface area contributed by atoms with Gasteiger partial charge in [-0.05, 0) is 110 Å². The fraction of sp³-hybridized carbons (Fsp3) is 0.424. The first-order chi connectivity index (χ1) is 42.1. The molecule has 6 aliphatic rings. The molecule has 4 fully saturated rings. The second kappa shape index (κ2) is 25.8. The topological polar surface area (TPSA) is 278 Å². The number of aryl methyl sites for hydroxylation is 1. The average molecular weight is 1220 g/mol. The number of amides is 1. The molecule has 88 heavy (non-hydrogen) atoms. The average Bonchev–Trinajstić information content (AvgIpc) is 0.673. The van der Waals surface area contributed by atoms with Crippen molar-refractivity contribution in [1.82, 2.24) is 25.6 Å². The van der Waals surface area contributed by atoms with Crippen molar-refractivity contribution in [2.45, 2.75) is 128 Å². The van der Waals surface area contributed by atoms with Crippen LogP contribution in [0, 0.1) is 16.7 Å². The summed E-state index contributed by atoms with van der Waals surface area (Å²) in [5.74, 6) is -5.82. The molecule has 5 aromatic rings. The predicted molar refractivity (Wildman–Crippen MR) is 325 cm³/mol. The van der Waals surface area contributed by atoms with Gasteiger partial charge in [-0.25, -0.2) is 14.6 Å². The number of rotatable bonds is 12. The molecule has 2 saturated carbocycles. The highest BCUT2D eigenvalue weighted by Crippen LogP contribution is 2.64. The Balaban J connectivity index is 0.000000272. The van der Waals surface area contributed by atoms with Crippen LogP contribution >= 0.6 is 12.2 Å². The summed E-state index contributed by atoms with van der Waals surface area (Å²) in [4.78, 5) is 96.8. The van der Waals surface area contributed by atoms with Crippen molar-refractivity contribution in [2.24, 2.45) is 21.8 Å². The first-order valence-corrected chi connectivity index (χ1v) is 29.9. The molecule has 11 rings (SSSR count). The van der Waals surface area contributed by atoms with Gasteiger partial charge in [0.15, 0.2) is 28.7 Å². The molecule has 4 heterocycles. The lowest BCUT2D eigenvalue weighted by Gasteiger charge is -2.67. The molecule has 5 N–H and O–H groups in total. The van der Waals surface area contributed by atoms with Crippen LogP contribution in [0.5, 0.6) is 0 Å². The van der Waals surface area contributed by atoms with E-state index in [9.17, 15) is 39.3 Å². The van der Waals surface area contributed by atoms with Crippen LogP contribution in [-0.2, 0) is 49.3 Å². The Morgan fingerprint density at radius 1 is 0.795 bits per heavy atom. The smallest absolute Gasteiger partial charge is 0.338 e. The maximum absolute atomic E-state index is 15.5. The van der Waals surface area contributed by atoms with E-state index in [1.807, 2.05) is 36.7 Å². The Labute approximate surface area is 515 Å². The van der Waals surface area contributed by atoms with Crippen LogP contribution in [0.2, 0.25) is 0 Å². The zero-order valence-corrected chi connectivity index (χ0v) is 50.7. The second-order valence-corrected chi connectivity index (χ2v) is 24.2. The fourth-order valence-electron chi connectivity index (χ4n) is 13.6. The van der Waals surface area contributed by atoms with Gasteiger partial charge in [-0.3, -0.25) is 29.6 Å². The van der Waals surface area contributed by atoms with E-state index in [2.05, 4.69) is 41.7 Å². The molecule has 2 bridgehead atoms. The van der Waals surface area contributed by atoms with Crippen LogP contribution in [0.25, 0.3) is 0 Å². The number of aliphatic hydroxyl groups excluding tert-OH is 2. The van der Waals surface area contributed by atoms with Gasteiger partial charge in [0.25, 0.3) is 5.91 Å². The van der Waals surface area contributed by atoms with Gasteiger partial charge in [0.2, 0.25) is 0 Å². The highest BCUT2D eigenvalue weighted by atomic mass is 32.1. The maximum atomic E-state index is 15.5. The Kier molecular flexibility index (Phi) is 18.4. The quantitative estimate of drug-likeness (QED) is 0.0317. The maximum Gasteiger partial charge on any atom is 0.338 e. The van der Waals surface area contributed by atoms with E-state index in [0.717, 1.165) is 76.5 Å². The molecule has 21 nitrogen and oxygen atoms in total. The lowest BCUT2D eigenvalue weighted by atomic mass is 9.44. The van der Waals surface area contributed by atoms with Crippen molar-refractivity contribution in [2.75, 3.05) is 37.7 Å². The first kappa shape index (κ1) is 62.8. The fourth-order valence-corrected chi connectivity index (χ4v) is 13.8. The summed E-state index contributed by atoms with van der Waals surface area (Å²) in [5.41, 5.74) is -0.648. The molecule has 462 valence electrons. The van der Waals surface area contributed by atoms with Gasteiger partial charge in [0.1, 0.15) is 29.7 Å². The number of Topliss-reactive ketones (excluding diaryl/α,β-unsaturated/α-hetero) is 1. The van der Waals surface area contributed by atoms with Crippen LogP contribution in [0.4, 0.5) is 5.82 Å². The van der Waals surface area contributed by atoms with Crippen molar-refractivity contribution in [3.8, 4) is 0 Å². The number of nitrogens with one attached hydrogen (secondary N) is 2. The van der Waals surface area contributed by atoms with Crippen molar-refractivity contribution in [1.29, 1.82) is 0 Å². The number of benzene rings is 3. The number of carbonyl (C=O) groups excluding carboxylic acids is 6. The van der Waals surface area contributed by atoms with Crippen molar-refractivity contribution < 1.29 is 67.8 Å². The summed E-state index contributed by atoms with van der Waals surface area (Å²) in [6, 6.07) is 33.1. The van der Waals surface area contributed by atoms with Crippen LogP contribution in [0.3, 0.4) is 0 Å². The normalized spacial score (nSPS) is 27.9. The number of aromatic nitrogens is 2. The number of hydrazone groups is 1. The predicted octanol–water partition coefficient (Wildman–Crippen LogP) is 5.95. The van der Waals surface area contributed by atoms with E-state index in [1.165, 1.54) is 31.5 Å². The zero-order valence-electron chi connectivity index (χ0n) is 49.9. The Hall–Kier alpha value is -8.28. The second-order valence-electron chi connectivity index (χ2n) is 23.9. The standard InChI is InChI=1S/C47H51NO14.C19H22N6S/c1-25-31(60-43(56)36(52)35(28-16-10-7-11-17-28)48-41(54)29-18-12-8-13-19-29)23-47(57)40(61-42(55)30-20-14-9-15-21-30)38-45(6,32(51)22-33-46(38,24-58-33)62-27(3)50)39(53)37(59-26(2)49)34(25)44(47,4)5;26-19(23-22-16-7-3-5-15-6-4-10-21-18(15)16)25-13-11-24(12-14-25)17-8-1-2-9-20-17/h7-21,31-33,35-38,40,51-52,57H,22-24H2,1-6H3,(H,48,54);1-2,4,6,8-10H,3,5,7,11-14H2,(H,23,26)/b;22-16-/t31-,32-,33+,35-,36+,37+,38-,40-,45+,46-,47+;/m0./s1. The van der Waals surface area contributed by atoms with Gasteiger partial charge in [0.05, 0.1) is 47.1 Å². The number of hydrogen-bond donors (Lipinski definition) is 5. The van der Waals surface area contributed by atoms with Crippen molar-refractivity contribution in [3.05, 3.63) is 173 Å². The van der Waals surface area contributed by atoms with Crippen LogP contribution in [0.15, 0.2) is 150 Å². The molecule has 11 atom stereocenters. The molecule has 2 aliphatic heterocycles. The summed E-state index contributed by atoms with van der Waals surface area (Å²) in [6.07, 6.45) is -3.73. The molecule has 0 spiro atoms. The van der Waals surface area contributed by atoms with Crippen LogP contribution in [0.1, 0.15) is 111 Å². The third-order valence-electron chi connectivity index (χ3n) is 18.3. The summed E-state index contributed by atoms with van der Waals surface area (Å²) < 4.78 is 30.3. The van der Waals surface area contributed by atoms with Gasteiger partial charge in [-0.15, -0.1) is 0 Å². The molecular weight excluding hydrogens is 1150 g/mol. The van der Waals surface area contributed by atoms with E-state index in [-0.39, 0.29) is 35.3 Å². The number of anilines is 1. The SMILES string of the molecule is CC(=O)O[C@H]1C(=O)[C@@]2(C)[C@H]([C@H](OC(=O)c3ccccc3)[C@]3(O)C[C@H](OC(=O)[C@H](O)[C@@H](NC(=O)c4ccccc4)c4ccccc4)C(C)=C1C3(C)C)[C@]1(OC(C)=O)CO[C@@H]1C[C@@H]2O.S=C(N/N=C1/CCCc2cccnc21)N1CCN(c2ccccn2)CC1. The molecule has 22 heteroatoms. The molecule has 2 aromatic heterocycles. The summed E-state index contributed by atoms with van der Waals surface area (Å²) in [7, 11) is 0. The van der Waals surface area contributed by atoms with E-state index >= 15 is 4.79 Å². The summed E-state index contributed by atoms with van der Waals surface area (Å²) in [5, 5.41) is 45.5. The minimum atomic E-state index is -2.39. The van der Waals surface area contributed by atoms with E-state index in [4.69, 9.17) is 35.9 Å². The minimum absolute atomic E-state index is 0.00289. The molecule has 4 aliphatic carbocycles. The summed E-state index contributed by atoms with van der Waals surface area (Å²) in [6.45, 7) is 11.5. The Morgan fingerprint density at radius 2 is 1.44 bits per heavy atom. The highest BCUT2D eigenvalue weighted by Gasteiger charge is 2.78. The van der Waals surface area contributed by atoms with Gasteiger partial charge < -0.3 is 54.1 Å². The number of thiocarbonyl (C=S) groups is 1. The molecule has 3 aromatic carbocycles. The molecular formula is C66H73N7O14S. The lowest BCUT2D eigenvalue weighted by molar-refractivity contribution is -0.346. The van der Waals surface area contributed by atoms with Gasteiger partial charge in [-0.2, -0.15) is 5.10 Å².